The molecule has 0 aliphatic heterocycles. The summed E-state index contributed by atoms with van der Waals surface area (Å²) in [7, 11) is 0. The summed E-state index contributed by atoms with van der Waals surface area (Å²) in [6.07, 6.45) is 7.90. The zero-order valence-corrected chi connectivity index (χ0v) is 10.2. The van der Waals surface area contributed by atoms with Crippen LogP contribution in [0.25, 0.3) is 0 Å². The summed E-state index contributed by atoms with van der Waals surface area (Å²) >= 11 is 0. The predicted molar refractivity (Wildman–Crippen MR) is 63.4 cm³/mol. The van der Waals surface area contributed by atoms with Crippen LogP contribution in [0.3, 0.4) is 0 Å². The van der Waals surface area contributed by atoms with E-state index in [4.69, 9.17) is 10.6 Å². The van der Waals surface area contributed by atoms with E-state index < -0.39 is 0 Å². The van der Waals surface area contributed by atoms with Crippen molar-refractivity contribution in [2.45, 2.75) is 64.5 Å². The molecule has 0 amide bonds. The molecule has 1 fully saturated rings. The Morgan fingerprint density at radius 1 is 1.33 bits per heavy atom. The van der Waals surface area contributed by atoms with Crippen molar-refractivity contribution in [3.05, 3.63) is 0 Å². The van der Waals surface area contributed by atoms with Crippen LogP contribution in [-0.4, -0.2) is 18.8 Å². The number of nitrogens with two attached hydrogens (primary N) is 1. The SMILES string of the molecule is CCCC(OCC)C(NN)C1CCCC1. The maximum Gasteiger partial charge on any atom is 0.0743 e. The predicted octanol–water partition coefficient (Wildman–Crippen LogP) is 2.21. The van der Waals surface area contributed by atoms with Gasteiger partial charge in [0.05, 0.1) is 12.1 Å². The zero-order chi connectivity index (χ0) is 11.1. The fourth-order valence-corrected chi connectivity index (χ4v) is 2.73. The Hall–Kier alpha value is -0.120. The third kappa shape index (κ3) is 3.74. The van der Waals surface area contributed by atoms with Crippen LogP contribution in [0.5, 0.6) is 0 Å². The van der Waals surface area contributed by atoms with Gasteiger partial charge in [-0.25, -0.2) is 0 Å². The van der Waals surface area contributed by atoms with Crippen LogP contribution in [0.4, 0.5) is 0 Å². The van der Waals surface area contributed by atoms with Crippen LogP contribution < -0.4 is 11.3 Å². The largest absolute Gasteiger partial charge is 0.377 e. The van der Waals surface area contributed by atoms with Crippen molar-refractivity contribution < 1.29 is 4.74 Å². The molecule has 1 saturated carbocycles. The fourth-order valence-electron chi connectivity index (χ4n) is 2.73. The molecule has 0 radical (unpaired) electrons. The molecule has 0 aromatic rings. The van der Waals surface area contributed by atoms with Gasteiger partial charge in [0.15, 0.2) is 0 Å². The van der Waals surface area contributed by atoms with Gasteiger partial charge in [-0.2, -0.15) is 0 Å². The van der Waals surface area contributed by atoms with Crippen molar-refractivity contribution in [1.29, 1.82) is 0 Å². The highest BCUT2D eigenvalue weighted by Gasteiger charge is 2.30. The standard InChI is InChI=1S/C12H26N2O/c1-3-7-11(15-4-2)12(14-13)10-8-5-6-9-10/h10-12,14H,3-9,13H2,1-2H3. The molecular weight excluding hydrogens is 188 g/mol. The fraction of sp³-hybridized carbons (Fsp3) is 1.00. The molecule has 0 bridgehead atoms. The maximum atomic E-state index is 5.81. The number of hydrogen-bond acceptors (Lipinski definition) is 3. The molecular formula is C12H26N2O. The topological polar surface area (TPSA) is 47.3 Å². The summed E-state index contributed by atoms with van der Waals surface area (Å²) in [5.74, 6) is 6.40. The first kappa shape index (κ1) is 12.9. The lowest BCUT2D eigenvalue weighted by atomic mass is 9.91. The lowest BCUT2D eigenvalue weighted by Gasteiger charge is -2.30. The van der Waals surface area contributed by atoms with Crippen LogP contribution in [-0.2, 0) is 4.74 Å². The molecule has 90 valence electrons. The van der Waals surface area contributed by atoms with E-state index in [1.807, 2.05) is 0 Å². The zero-order valence-electron chi connectivity index (χ0n) is 10.2. The molecule has 1 aliphatic carbocycles. The molecule has 3 nitrogen and oxygen atoms in total. The van der Waals surface area contributed by atoms with Gasteiger partial charge >= 0.3 is 0 Å². The second kappa shape index (κ2) is 7.20. The molecule has 0 heterocycles. The van der Waals surface area contributed by atoms with Crippen LogP contribution in [0.2, 0.25) is 0 Å². The first-order valence-corrected chi connectivity index (χ1v) is 6.41. The summed E-state index contributed by atoms with van der Waals surface area (Å²) in [6, 6.07) is 0.354. The lowest BCUT2D eigenvalue weighted by Crippen LogP contribution is -2.49. The number of hydrazine groups is 1. The minimum atomic E-state index is 0.299. The van der Waals surface area contributed by atoms with E-state index in [1.54, 1.807) is 0 Å². The van der Waals surface area contributed by atoms with Crippen LogP contribution in [0.15, 0.2) is 0 Å². The molecule has 0 aromatic heterocycles. The van der Waals surface area contributed by atoms with Gasteiger partial charge in [-0.1, -0.05) is 26.2 Å². The third-order valence-corrected chi connectivity index (χ3v) is 3.45. The Labute approximate surface area is 93.7 Å². The molecule has 15 heavy (non-hydrogen) atoms. The molecule has 3 N–H and O–H groups in total. The first-order chi connectivity index (χ1) is 7.33. The average Bonchev–Trinajstić information content (AvgIpc) is 2.73. The van der Waals surface area contributed by atoms with Crippen LogP contribution in [0, 0.1) is 5.92 Å². The highest BCUT2D eigenvalue weighted by molar-refractivity contribution is 4.85. The van der Waals surface area contributed by atoms with E-state index in [-0.39, 0.29) is 0 Å². The minimum absolute atomic E-state index is 0.299. The Kier molecular flexibility index (Phi) is 6.22. The summed E-state index contributed by atoms with van der Waals surface area (Å²) in [4.78, 5) is 0. The highest BCUT2D eigenvalue weighted by Crippen LogP contribution is 2.30. The lowest BCUT2D eigenvalue weighted by molar-refractivity contribution is 0.0122. The second-order valence-electron chi connectivity index (χ2n) is 4.52. The Morgan fingerprint density at radius 2 is 2.00 bits per heavy atom. The normalized spacial score (nSPS) is 21.8. The van der Waals surface area contributed by atoms with Crippen molar-refractivity contribution in [2.75, 3.05) is 6.61 Å². The number of hydrogen-bond donors (Lipinski definition) is 2. The monoisotopic (exact) mass is 214 g/mol. The van der Waals surface area contributed by atoms with Crippen molar-refractivity contribution in [1.82, 2.24) is 5.43 Å². The van der Waals surface area contributed by atoms with Gasteiger partial charge in [-0.15, -0.1) is 0 Å². The molecule has 0 spiro atoms. The maximum absolute atomic E-state index is 5.81. The van der Waals surface area contributed by atoms with E-state index >= 15 is 0 Å². The summed E-state index contributed by atoms with van der Waals surface area (Å²) in [5, 5.41) is 0. The molecule has 2 unspecified atom stereocenters. The molecule has 3 heteroatoms. The van der Waals surface area contributed by atoms with Gasteiger partial charge in [-0.05, 0) is 32.1 Å². The van der Waals surface area contributed by atoms with E-state index in [0.29, 0.717) is 12.1 Å². The Balaban J connectivity index is 2.50. The highest BCUT2D eigenvalue weighted by atomic mass is 16.5. The number of rotatable bonds is 7. The van der Waals surface area contributed by atoms with Gasteiger partial charge in [0, 0.05) is 6.61 Å². The second-order valence-corrected chi connectivity index (χ2v) is 4.52. The van der Waals surface area contributed by atoms with E-state index in [9.17, 15) is 0 Å². The first-order valence-electron chi connectivity index (χ1n) is 6.41. The van der Waals surface area contributed by atoms with E-state index in [0.717, 1.165) is 25.4 Å². The van der Waals surface area contributed by atoms with Crippen LogP contribution in [0.1, 0.15) is 52.4 Å². The smallest absolute Gasteiger partial charge is 0.0743 e. The van der Waals surface area contributed by atoms with Crippen molar-refractivity contribution in [3.8, 4) is 0 Å². The molecule has 2 atom stereocenters. The van der Waals surface area contributed by atoms with Gasteiger partial charge in [0.2, 0.25) is 0 Å². The minimum Gasteiger partial charge on any atom is -0.377 e. The van der Waals surface area contributed by atoms with Crippen molar-refractivity contribution in [2.24, 2.45) is 11.8 Å². The average molecular weight is 214 g/mol. The summed E-state index contributed by atoms with van der Waals surface area (Å²) in [5.41, 5.74) is 2.99. The van der Waals surface area contributed by atoms with Crippen LogP contribution >= 0.6 is 0 Å². The Bertz CT molecular complexity index is 152. The van der Waals surface area contributed by atoms with Gasteiger partial charge in [-0.3, -0.25) is 11.3 Å². The quantitative estimate of drug-likeness (QED) is 0.504. The Morgan fingerprint density at radius 3 is 2.47 bits per heavy atom. The molecule has 0 saturated heterocycles. The van der Waals surface area contributed by atoms with Crippen molar-refractivity contribution >= 4 is 0 Å². The van der Waals surface area contributed by atoms with Gasteiger partial charge in [0.1, 0.15) is 0 Å². The van der Waals surface area contributed by atoms with Gasteiger partial charge < -0.3 is 4.74 Å². The van der Waals surface area contributed by atoms with E-state index in [1.165, 1.54) is 25.7 Å². The van der Waals surface area contributed by atoms with Crippen molar-refractivity contribution in [3.63, 3.8) is 0 Å². The molecule has 1 rings (SSSR count). The third-order valence-electron chi connectivity index (χ3n) is 3.45. The summed E-state index contributed by atoms with van der Waals surface area (Å²) in [6.45, 7) is 5.05. The number of ether oxygens (including phenoxy) is 1. The molecule has 1 aliphatic rings. The summed E-state index contributed by atoms with van der Waals surface area (Å²) < 4.78 is 5.81. The number of nitrogens with one attached hydrogen (secondary N) is 1. The van der Waals surface area contributed by atoms with Gasteiger partial charge in [0.25, 0.3) is 0 Å². The van der Waals surface area contributed by atoms with E-state index in [2.05, 4.69) is 19.3 Å². The molecule has 0 aromatic carbocycles.